The van der Waals surface area contributed by atoms with Crippen molar-refractivity contribution in [1.29, 1.82) is 0 Å². The van der Waals surface area contributed by atoms with Crippen LogP contribution < -0.4 is 0 Å². The number of piperidine rings is 1. The third kappa shape index (κ3) is 4.72. The summed E-state index contributed by atoms with van der Waals surface area (Å²) in [4.78, 5) is 6.68. The third-order valence-corrected chi connectivity index (χ3v) is 5.76. The molecular formula is C18H28N2OS. The number of ether oxygens (including phenoxy) is 1. The van der Waals surface area contributed by atoms with E-state index >= 15 is 0 Å². The van der Waals surface area contributed by atoms with Gasteiger partial charge in [0, 0.05) is 36.3 Å². The molecule has 0 unspecified atom stereocenters. The van der Waals surface area contributed by atoms with Crippen LogP contribution in [0.5, 0.6) is 0 Å². The Kier molecular flexibility index (Phi) is 6.19. The Labute approximate surface area is 139 Å². The van der Waals surface area contributed by atoms with E-state index in [0.29, 0.717) is 6.10 Å². The van der Waals surface area contributed by atoms with E-state index in [4.69, 9.17) is 4.74 Å². The first-order valence-electron chi connectivity index (χ1n) is 8.57. The molecule has 0 N–H and O–H groups in total. The van der Waals surface area contributed by atoms with Gasteiger partial charge in [-0.25, -0.2) is 0 Å². The van der Waals surface area contributed by atoms with Crippen molar-refractivity contribution < 1.29 is 4.74 Å². The molecule has 2 aliphatic heterocycles. The summed E-state index contributed by atoms with van der Waals surface area (Å²) in [5.41, 5.74) is 0. The van der Waals surface area contributed by atoms with E-state index in [1.807, 2.05) is 11.8 Å². The van der Waals surface area contributed by atoms with Gasteiger partial charge in [0.1, 0.15) is 0 Å². The Morgan fingerprint density at radius 3 is 2.64 bits per heavy atom. The number of thioether (sulfide) groups is 1. The second-order valence-electron chi connectivity index (χ2n) is 6.41. The van der Waals surface area contributed by atoms with Gasteiger partial charge in [0.15, 0.2) is 0 Å². The molecule has 1 aromatic carbocycles. The monoisotopic (exact) mass is 320 g/mol. The highest BCUT2D eigenvalue weighted by Crippen LogP contribution is 2.21. The van der Waals surface area contributed by atoms with E-state index in [1.54, 1.807) is 0 Å². The van der Waals surface area contributed by atoms with Gasteiger partial charge in [-0.05, 0) is 45.0 Å². The fourth-order valence-corrected chi connectivity index (χ4v) is 4.43. The van der Waals surface area contributed by atoms with Crippen molar-refractivity contribution >= 4 is 11.8 Å². The van der Waals surface area contributed by atoms with Gasteiger partial charge in [-0.2, -0.15) is 0 Å². The molecule has 3 nitrogen and oxygen atoms in total. The molecule has 0 radical (unpaired) electrons. The van der Waals surface area contributed by atoms with Gasteiger partial charge >= 0.3 is 0 Å². The lowest BCUT2D eigenvalue weighted by molar-refractivity contribution is -0.0431. The first-order chi connectivity index (χ1) is 10.8. The average molecular weight is 321 g/mol. The summed E-state index contributed by atoms with van der Waals surface area (Å²) in [6, 6.07) is 11.5. The largest absolute Gasteiger partial charge is 0.376 e. The minimum absolute atomic E-state index is 0.411. The van der Waals surface area contributed by atoms with Crippen LogP contribution in [0, 0.1) is 0 Å². The summed E-state index contributed by atoms with van der Waals surface area (Å²) in [6.07, 6.45) is 3.06. The number of hydrogen-bond donors (Lipinski definition) is 0. The van der Waals surface area contributed by atoms with Crippen molar-refractivity contribution in [2.24, 2.45) is 0 Å². The van der Waals surface area contributed by atoms with Gasteiger partial charge in [0.2, 0.25) is 0 Å². The van der Waals surface area contributed by atoms with Crippen molar-refractivity contribution in [3.05, 3.63) is 30.3 Å². The Morgan fingerprint density at radius 1 is 1.14 bits per heavy atom. The maximum Gasteiger partial charge on any atom is 0.0674 e. The first kappa shape index (κ1) is 16.3. The lowest BCUT2D eigenvalue weighted by Crippen LogP contribution is -2.51. The molecule has 2 aliphatic rings. The molecule has 2 fully saturated rings. The van der Waals surface area contributed by atoms with Gasteiger partial charge in [-0.1, -0.05) is 18.2 Å². The summed E-state index contributed by atoms with van der Waals surface area (Å²) in [5, 5.41) is 0. The number of likely N-dealkylation sites (tertiary alicyclic amines) is 1. The number of benzene rings is 1. The first-order valence-corrected chi connectivity index (χ1v) is 9.55. The van der Waals surface area contributed by atoms with E-state index in [0.717, 1.165) is 25.7 Å². The van der Waals surface area contributed by atoms with E-state index in [-0.39, 0.29) is 0 Å². The quantitative estimate of drug-likeness (QED) is 0.775. The molecule has 22 heavy (non-hydrogen) atoms. The van der Waals surface area contributed by atoms with Crippen molar-refractivity contribution in [3.8, 4) is 0 Å². The number of hydrogen-bond acceptors (Lipinski definition) is 4. The number of morpholine rings is 1. The van der Waals surface area contributed by atoms with E-state index in [9.17, 15) is 0 Å². The van der Waals surface area contributed by atoms with Gasteiger partial charge in [-0.15, -0.1) is 11.8 Å². The molecule has 0 aliphatic carbocycles. The minimum atomic E-state index is 0.411. The SMILES string of the molecule is C[C@H]1CN(C2CCN(CCSc3ccccc3)CC2)CCO1. The molecular weight excluding hydrogens is 292 g/mol. The van der Waals surface area contributed by atoms with Crippen LogP contribution in [0.2, 0.25) is 0 Å². The third-order valence-electron chi connectivity index (χ3n) is 4.77. The van der Waals surface area contributed by atoms with Crippen LogP contribution in [0.3, 0.4) is 0 Å². The van der Waals surface area contributed by atoms with E-state index < -0.39 is 0 Å². The Balaban J connectivity index is 1.35. The molecule has 2 saturated heterocycles. The molecule has 0 aromatic heterocycles. The summed E-state index contributed by atoms with van der Waals surface area (Å²) in [6.45, 7) is 9.08. The molecule has 0 saturated carbocycles. The molecule has 0 spiro atoms. The predicted molar refractivity (Wildman–Crippen MR) is 93.6 cm³/mol. The van der Waals surface area contributed by atoms with Crippen LogP contribution in [0.25, 0.3) is 0 Å². The van der Waals surface area contributed by atoms with Crippen LogP contribution in [0.4, 0.5) is 0 Å². The van der Waals surface area contributed by atoms with Crippen molar-refractivity contribution in [2.45, 2.75) is 36.8 Å². The summed E-state index contributed by atoms with van der Waals surface area (Å²) < 4.78 is 5.66. The molecule has 4 heteroatoms. The molecule has 122 valence electrons. The fourth-order valence-electron chi connectivity index (χ4n) is 3.49. The van der Waals surface area contributed by atoms with Crippen LogP contribution in [0.15, 0.2) is 35.2 Å². The van der Waals surface area contributed by atoms with Gasteiger partial charge in [0.25, 0.3) is 0 Å². The summed E-state index contributed by atoms with van der Waals surface area (Å²) >= 11 is 1.97. The van der Waals surface area contributed by atoms with Crippen LogP contribution >= 0.6 is 11.8 Å². The highest BCUT2D eigenvalue weighted by Gasteiger charge is 2.27. The molecule has 3 rings (SSSR count). The Bertz CT molecular complexity index is 434. The maximum absolute atomic E-state index is 5.66. The van der Waals surface area contributed by atoms with Crippen LogP contribution in [-0.2, 0) is 4.74 Å². The zero-order valence-electron chi connectivity index (χ0n) is 13.6. The average Bonchev–Trinajstić information content (AvgIpc) is 2.56. The minimum Gasteiger partial charge on any atom is -0.376 e. The smallest absolute Gasteiger partial charge is 0.0674 e. The Morgan fingerprint density at radius 2 is 1.91 bits per heavy atom. The molecule has 1 atom stereocenters. The highest BCUT2D eigenvalue weighted by molar-refractivity contribution is 7.99. The standard InChI is InChI=1S/C18H28N2OS/c1-16-15-20(11-13-21-16)17-7-9-19(10-8-17)12-14-22-18-5-3-2-4-6-18/h2-6,16-17H,7-15H2,1H3/t16-/m0/s1. The lowest BCUT2D eigenvalue weighted by Gasteiger charge is -2.41. The number of nitrogens with zero attached hydrogens (tertiary/aromatic N) is 2. The molecule has 2 heterocycles. The van der Waals surface area contributed by atoms with Crippen LogP contribution in [0.1, 0.15) is 19.8 Å². The second-order valence-corrected chi connectivity index (χ2v) is 7.58. The molecule has 0 amide bonds. The lowest BCUT2D eigenvalue weighted by atomic mass is 10.0. The van der Waals surface area contributed by atoms with Gasteiger partial charge in [-0.3, -0.25) is 4.90 Å². The summed E-state index contributed by atoms with van der Waals surface area (Å²) in [7, 11) is 0. The van der Waals surface area contributed by atoms with Crippen molar-refractivity contribution in [1.82, 2.24) is 9.80 Å². The fraction of sp³-hybridized carbons (Fsp3) is 0.667. The predicted octanol–water partition coefficient (Wildman–Crippen LogP) is 2.96. The van der Waals surface area contributed by atoms with Gasteiger partial charge < -0.3 is 9.64 Å². The second kappa shape index (κ2) is 8.34. The highest BCUT2D eigenvalue weighted by atomic mass is 32.2. The van der Waals surface area contributed by atoms with Crippen LogP contribution in [-0.4, -0.2) is 67.0 Å². The van der Waals surface area contributed by atoms with Gasteiger partial charge in [0.05, 0.1) is 12.7 Å². The Hall–Kier alpha value is -0.550. The normalized spacial score (nSPS) is 25.4. The van der Waals surface area contributed by atoms with E-state index in [1.165, 1.54) is 43.1 Å². The maximum atomic E-state index is 5.66. The molecule has 1 aromatic rings. The van der Waals surface area contributed by atoms with Crippen molar-refractivity contribution in [3.63, 3.8) is 0 Å². The topological polar surface area (TPSA) is 15.7 Å². The summed E-state index contributed by atoms with van der Waals surface area (Å²) in [5.74, 6) is 1.20. The number of rotatable bonds is 5. The zero-order valence-corrected chi connectivity index (χ0v) is 14.4. The van der Waals surface area contributed by atoms with Crippen molar-refractivity contribution in [2.75, 3.05) is 45.1 Å². The molecule has 0 bridgehead atoms. The zero-order chi connectivity index (χ0) is 15.2. The van der Waals surface area contributed by atoms with E-state index in [2.05, 4.69) is 47.1 Å².